The third-order valence-corrected chi connectivity index (χ3v) is 4.60. The summed E-state index contributed by atoms with van der Waals surface area (Å²) in [6, 6.07) is 6.59. The maximum atomic E-state index is 13.8. The molecule has 32 heavy (non-hydrogen) atoms. The van der Waals surface area contributed by atoms with Gasteiger partial charge in [0.05, 0.1) is 0 Å². The molecular weight excluding hydrogens is 604 g/mol. The van der Waals surface area contributed by atoms with Crippen LogP contribution in [-0.4, -0.2) is 41.7 Å². The van der Waals surface area contributed by atoms with E-state index in [1.807, 2.05) is 0 Å². The van der Waals surface area contributed by atoms with Gasteiger partial charge < -0.3 is 0 Å². The van der Waals surface area contributed by atoms with Crippen molar-refractivity contribution in [3.63, 3.8) is 0 Å². The number of alkyl halides is 15. The van der Waals surface area contributed by atoms with E-state index in [2.05, 4.69) is 0 Å². The molecule has 0 amide bonds. The molecule has 16 heteroatoms. The SMILES string of the molecule is FC(F)(F)C(F)(F)C(F)(F)C(F)(F)C(F)(F)C(F)(F)C(F)(F)C=C(I)Cc1ccccc1. The van der Waals surface area contributed by atoms with Crippen molar-refractivity contribution in [2.24, 2.45) is 0 Å². The monoisotopic (exact) mass is 612 g/mol. The molecule has 0 spiro atoms. The first kappa shape index (κ1) is 28.7. The third-order valence-electron chi connectivity index (χ3n) is 3.91. The summed E-state index contributed by atoms with van der Waals surface area (Å²) in [7, 11) is 0. The Morgan fingerprint density at radius 2 is 0.969 bits per heavy atom. The number of halogens is 16. The van der Waals surface area contributed by atoms with E-state index in [4.69, 9.17) is 0 Å². The summed E-state index contributed by atoms with van der Waals surface area (Å²) in [6.07, 6.45) is -9.28. The van der Waals surface area contributed by atoms with Crippen molar-refractivity contribution >= 4 is 22.6 Å². The molecule has 0 saturated carbocycles. The highest BCUT2D eigenvalue weighted by Gasteiger charge is 2.93. The maximum absolute atomic E-state index is 13.8. The summed E-state index contributed by atoms with van der Waals surface area (Å²) >= 11 is 0.897. The van der Waals surface area contributed by atoms with Gasteiger partial charge in [0, 0.05) is 12.5 Å². The smallest absolute Gasteiger partial charge is 0.195 e. The molecule has 1 rings (SSSR count). The average molecular weight is 612 g/mol. The fraction of sp³-hybridized carbons (Fsp3) is 0.500. The Bertz CT molecular complexity index is 824. The highest BCUT2D eigenvalue weighted by atomic mass is 127. The molecular formula is C16H8F15I. The minimum Gasteiger partial charge on any atom is -0.195 e. The van der Waals surface area contributed by atoms with E-state index >= 15 is 0 Å². The summed E-state index contributed by atoms with van der Waals surface area (Å²) in [5.74, 6) is -46.5. The van der Waals surface area contributed by atoms with E-state index in [1.165, 1.54) is 30.3 Å². The van der Waals surface area contributed by atoms with E-state index < -0.39 is 57.8 Å². The third kappa shape index (κ3) is 4.51. The van der Waals surface area contributed by atoms with E-state index in [1.54, 1.807) is 0 Å². The molecule has 1 aromatic rings. The number of hydrogen-bond donors (Lipinski definition) is 0. The Morgan fingerprint density at radius 1 is 0.594 bits per heavy atom. The number of allylic oxidation sites excluding steroid dienone is 2. The van der Waals surface area contributed by atoms with Crippen molar-refractivity contribution in [3.05, 3.63) is 45.6 Å². The van der Waals surface area contributed by atoms with E-state index in [9.17, 15) is 65.9 Å². The van der Waals surface area contributed by atoms with Crippen LogP contribution in [0.3, 0.4) is 0 Å². The zero-order chi connectivity index (χ0) is 25.6. The van der Waals surface area contributed by atoms with E-state index in [0.29, 0.717) is 0 Å². The van der Waals surface area contributed by atoms with Gasteiger partial charge in [-0.25, -0.2) is 0 Å². The quantitative estimate of drug-likeness (QED) is 0.207. The van der Waals surface area contributed by atoms with Crippen LogP contribution in [0.1, 0.15) is 5.56 Å². The second-order valence-electron chi connectivity index (χ2n) is 6.25. The largest absolute Gasteiger partial charge is 0.460 e. The van der Waals surface area contributed by atoms with Crippen molar-refractivity contribution < 1.29 is 65.9 Å². The summed E-state index contributed by atoms with van der Waals surface area (Å²) < 4.78 is 196. The number of rotatable bonds is 8. The maximum Gasteiger partial charge on any atom is 0.460 e. The second kappa shape index (κ2) is 8.45. The number of benzene rings is 1. The van der Waals surface area contributed by atoms with Crippen molar-refractivity contribution in [3.8, 4) is 0 Å². The predicted octanol–water partition coefficient (Wildman–Crippen LogP) is 7.92. The summed E-state index contributed by atoms with van der Waals surface area (Å²) in [6.45, 7) is 0. The minimum absolute atomic E-state index is 0.126. The fourth-order valence-electron chi connectivity index (χ4n) is 2.11. The van der Waals surface area contributed by atoms with Crippen LogP contribution in [0.4, 0.5) is 65.9 Å². The molecule has 0 N–H and O–H groups in total. The molecule has 0 aromatic heterocycles. The van der Waals surface area contributed by atoms with E-state index in [-0.39, 0.29) is 5.56 Å². The Labute approximate surface area is 182 Å². The number of hydrogen-bond acceptors (Lipinski definition) is 0. The van der Waals surface area contributed by atoms with Gasteiger partial charge in [-0.1, -0.05) is 30.3 Å². The van der Waals surface area contributed by atoms with Crippen LogP contribution in [0.2, 0.25) is 0 Å². The van der Waals surface area contributed by atoms with Crippen molar-refractivity contribution in [1.29, 1.82) is 0 Å². The predicted molar refractivity (Wildman–Crippen MR) is 88.0 cm³/mol. The highest BCUT2D eigenvalue weighted by molar-refractivity contribution is 14.1. The van der Waals surface area contributed by atoms with Gasteiger partial charge in [0.25, 0.3) is 0 Å². The van der Waals surface area contributed by atoms with E-state index in [0.717, 1.165) is 22.6 Å². The van der Waals surface area contributed by atoms with Crippen LogP contribution in [0.15, 0.2) is 40.0 Å². The van der Waals surface area contributed by atoms with Crippen LogP contribution < -0.4 is 0 Å². The molecule has 184 valence electrons. The Balaban J connectivity index is 3.46. The van der Waals surface area contributed by atoms with Crippen molar-refractivity contribution in [1.82, 2.24) is 0 Å². The van der Waals surface area contributed by atoms with Crippen LogP contribution in [0, 0.1) is 0 Å². The van der Waals surface area contributed by atoms with Crippen LogP contribution >= 0.6 is 22.6 Å². The first-order valence-corrected chi connectivity index (χ1v) is 8.80. The first-order chi connectivity index (χ1) is 14.0. The lowest BCUT2D eigenvalue weighted by atomic mass is 9.91. The van der Waals surface area contributed by atoms with Gasteiger partial charge in [0.15, 0.2) is 0 Å². The standard InChI is InChI=1S/C16H8F15I/c17-10(18,7-9(32)6-8-4-2-1-3-5-8)11(19,20)12(21,22)13(23,24)14(25,26)15(27,28)16(29,30)31/h1-5,7H,6H2. The van der Waals surface area contributed by atoms with Gasteiger partial charge in [-0.15, -0.1) is 0 Å². The lowest BCUT2D eigenvalue weighted by Crippen LogP contribution is -2.72. The molecule has 0 nitrogen and oxygen atoms in total. The summed E-state index contributed by atoms with van der Waals surface area (Å²) in [5.41, 5.74) is 0.126. The molecule has 0 aliphatic heterocycles. The van der Waals surface area contributed by atoms with Gasteiger partial charge >= 0.3 is 41.7 Å². The molecule has 0 aliphatic carbocycles. The zero-order valence-corrected chi connectivity index (χ0v) is 16.9. The Morgan fingerprint density at radius 3 is 1.38 bits per heavy atom. The molecule has 0 radical (unpaired) electrons. The van der Waals surface area contributed by atoms with Crippen molar-refractivity contribution in [2.75, 3.05) is 0 Å². The normalized spacial score (nSPS) is 15.8. The Hall–Kier alpha value is -1.36. The molecule has 0 aliphatic rings. The lowest BCUT2D eigenvalue weighted by molar-refractivity contribution is -0.449. The first-order valence-electron chi connectivity index (χ1n) is 7.72. The highest BCUT2D eigenvalue weighted by Crippen LogP contribution is 2.62. The fourth-order valence-corrected chi connectivity index (χ4v) is 2.94. The molecule has 1 aromatic carbocycles. The average Bonchev–Trinajstić information content (AvgIpc) is 2.60. The molecule has 0 bridgehead atoms. The van der Waals surface area contributed by atoms with Crippen LogP contribution in [-0.2, 0) is 6.42 Å². The second-order valence-corrected chi connectivity index (χ2v) is 7.63. The van der Waals surface area contributed by atoms with Gasteiger partial charge in [-0.3, -0.25) is 0 Å². The zero-order valence-electron chi connectivity index (χ0n) is 14.7. The van der Waals surface area contributed by atoms with Gasteiger partial charge in [-0.05, 0) is 31.7 Å². The molecule has 0 fully saturated rings. The Kier molecular flexibility index (Phi) is 7.57. The molecule has 0 saturated heterocycles. The molecule has 0 atom stereocenters. The van der Waals surface area contributed by atoms with Gasteiger partial charge in [0.1, 0.15) is 0 Å². The van der Waals surface area contributed by atoms with Crippen molar-refractivity contribution in [2.45, 2.75) is 48.1 Å². The lowest BCUT2D eigenvalue weighted by Gasteiger charge is -2.41. The van der Waals surface area contributed by atoms with Crippen LogP contribution in [0.5, 0.6) is 0 Å². The topological polar surface area (TPSA) is 0 Å². The summed E-state index contributed by atoms with van der Waals surface area (Å²) in [4.78, 5) is 0. The molecule has 0 heterocycles. The van der Waals surface area contributed by atoms with Crippen LogP contribution in [0.25, 0.3) is 0 Å². The van der Waals surface area contributed by atoms with Gasteiger partial charge in [0.2, 0.25) is 0 Å². The minimum atomic E-state index is -8.27. The molecule has 0 unspecified atom stereocenters. The summed E-state index contributed by atoms with van der Waals surface area (Å²) in [5, 5.41) is 0. The van der Waals surface area contributed by atoms with Gasteiger partial charge in [-0.2, -0.15) is 65.9 Å².